The second-order valence-corrected chi connectivity index (χ2v) is 9.64. The lowest BCUT2D eigenvalue weighted by Crippen LogP contribution is -2.34. The zero-order chi connectivity index (χ0) is 23.5. The predicted octanol–water partition coefficient (Wildman–Crippen LogP) is 5.83. The van der Waals surface area contributed by atoms with Gasteiger partial charge in [0, 0.05) is 5.92 Å². The predicted molar refractivity (Wildman–Crippen MR) is 130 cm³/mol. The lowest BCUT2D eigenvalue weighted by atomic mass is 9.87. The molecule has 0 spiro atoms. The van der Waals surface area contributed by atoms with Crippen molar-refractivity contribution in [1.29, 1.82) is 0 Å². The van der Waals surface area contributed by atoms with Gasteiger partial charge in [-0.15, -0.1) is 0 Å². The Kier molecular flexibility index (Phi) is 9.74. The van der Waals surface area contributed by atoms with Crippen LogP contribution in [0.1, 0.15) is 68.9 Å². The molecule has 0 amide bonds. The van der Waals surface area contributed by atoms with E-state index in [0.29, 0.717) is 13.1 Å². The van der Waals surface area contributed by atoms with Crippen LogP contribution in [0.25, 0.3) is 0 Å². The second kappa shape index (κ2) is 12.7. The summed E-state index contributed by atoms with van der Waals surface area (Å²) >= 11 is 0. The first-order chi connectivity index (χ1) is 16.0. The van der Waals surface area contributed by atoms with E-state index < -0.39 is 7.82 Å². The first-order valence-corrected chi connectivity index (χ1v) is 13.4. The number of hydrogen-bond donors (Lipinski definition) is 2. The van der Waals surface area contributed by atoms with Crippen LogP contribution in [-0.2, 0) is 17.7 Å². The van der Waals surface area contributed by atoms with Crippen molar-refractivity contribution in [1.82, 2.24) is 4.57 Å². The maximum Gasteiger partial charge on any atom is 0.529 e. The molecule has 178 valence electrons. The number of nitrogens with zero attached hydrogens (tertiary/aromatic N) is 2. The molecule has 3 aromatic rings. The van der Waals surface area contributed by atoms with E-state index in [0.717, 1.165) is 25.7 Å². The molecule has 7 heteroatoms. The fraction of sp³-hybridized carbons (Fsp3) is 0.423. The van der Waals surface area contributed by atoms with Crippen molar-refractivity contribution < 1.29 is 23.4 Å². The Morgan fingerprint density at radius 1 is 0.909 bits per heavy atom. The highest BCUT2D eigenvalue weighted by Crippen LogP contribution is 2.36. The topological polar surface area (TPSA) is 75.6 Å². The fourth-order valence-corrected chi connectivity index (χ4v) is 4.68. The molecule has 2 N–H and O–H groups in total. The molecule has 1 heterocycles. The number of hydrogen-bond acceptors (Lipinski definition) is 2. The van der Waals surface area contributed by atoms with Crippen LogP contribution in [0.5, 0.6) is 6.01 Å². The summed E-state index contributed by atoms with van der Waals surface area (Å²) < 4.78 is 20.4. The van der Waals surface area contributed by atoms with Gasteiger partial charge in [0.25, 0.3) is 0 Å². The normalized spacial score (nSPS) is 11.8. The molecule has 0 saturated carbocycles. The van der Waals surface area contributed by atoms with Gasteiger partial charge in [0.1, 0.15) is 12.4 Å². The van der Waals surface area contributed by atoms with Gasteiger partial charge in [-0.2, -0.15) is 9.13 Å². The average molecular weight is 472 g/mol. The largest absolute Gasteiger partial charge is 0.529 e. The molecule has 0 aliphatic heterocycles. The summed E-state index contributed by atoms with van der Waals surface area (Å²) in [5.74, 6) is 0.264. The van der Waals surface area contributed by atoms with Crippen LogP contribution in [0.4, 0.5) is 0 Å². The summed E-state index contributed by atoms with van der Waals surface area (Å²) in [7, 11) is -4.65. The van der Waals surface area contributed by atoms with Crippen molar-refractivity contribution in [2.45, 2.75) is 70.9 Å². The number of phosphoric ester groups is 1. The molecule has 3 rings (SSSR count). The minimum Gasteiger partial charge on any atom is -0.334 e. The van der Waals surface area contributed by atoms with Crippen LogP contribution in [0.15, 0.2) is 73.1 Å². The fourth-order valence-electron chi connectivity index (χ4n) is 4.25. The number of benzene rings is 2. The van der Waals surface area contributed by atoms with Crippen LogP contribution >= 0.6 is 7.82 Å². The average Bonchev–Trinajstić information content (AvgIpc) is 3.17. The molecule has 0 bridgehead atoms. The zero-order valence-electron chi connectivity index (χ0n) is 19.4. The first kappa shape index (κ1) is 25.2. The highest BCUT2D eigenvalue weighted by Gasteiger charge is 2.28. The van der Waals surface area contributed by atoms with Gasteiger partial charge >= 0.3 is 13.8 Å². The van der Waals surface area contributed by atoms with Crippen LogP contribution in [0.2, 0.25) is 0 Å². The number of phosphoric acid groups is 1. The SMILES string of the molecule is CCCCCCCn1cc[n+](CCCC(c2ccccc2)c2ccccc2)c1OP(=O)(O)O. The molecule has 1 aromatic heterocycles. The molecule has 33 heavy (non-hydrogen) atoms. The maximum absolute atomic E-state index is 11.6. The monoisotopic (exact) mass is 471 g/mol. The van der Waals surface area contributed by atoms with Crippen LogP contribution in [0, 0.1) is 0 Å². The summed E-state index contributed by atoms with van der Waals surface area (Å²) in [6, 6.07) is 21.2. The summed E-state index contributed by atoms with van der Waals surface area (Å²) in [5.41, 5.74) is 2.54. The molecule has 0 atom stereocenters. The van der Waals surface area contributed by atoms with E-state index in [9.17, 15) is 14.4 Å². The Morgan fingerprint density at radius 2 is 1.52 bits per heavy atom. The summed E-state index contributed by atoms with van der Waals surface area (Å²) in [6.45, 7) is 3.48. The lowest BCUT2D eigenvalue weighted by Gasteiger charge is -2.18. The first-order valence-electron chi connectivity index (χ1n) is 11.9. The van der Waals surface area contributed by atoms with E-state index in [2.05, 4.69) is 55.5 Å². The van der Waals surface area contributed by atoms with Crippen LogP contribution in [0.3, 0.4) is 0 Å². The van der Waals surface area contributed by atoms with E-state index in [1.165, 1.54) is 30.4 Å². The molecular formula is C26H36N2O4P+. The maximum atomic E-state index is 11.6. The van der Waals surface area contributed by atoms with Gasteiger partial charge in [0.05, 0.1) is 13.1 Å². The minimum atomic E-state index is -4.65. The Balaban J connectivity index is 1.69. The Bertz CT molecular complexity index is 962. The Morgan fingerprint density at radius 3 is 2.09 bits per heavy atom. The van der Waals surface area contributed by atoms with Crippen LogP contribution in [-0.4, -0.2) is 14.4 Å². The third-order valence-electron chi connectivity index (χ3n) is 5.92. The Hall–Kier alpha value is -2.40. The number of aromatic nitrogens is 2. The van der Waals surface area contributed by atoms with Gasteiger partial charge in [-0.3, -0.25) is 9.79 Å². The Labute approximate surface area is 197 Å². The van der Waals surface area contributed by atoms with E-state index in [1.54, 1.807) is 0 Å². The number of imidazole rings is 1. The van der Waals surface area contributed by atoms with E-state index in [1.807, 2.05) is 33.7 Å². The van der Waals surface area contributed by atoms with Crippen LogP contribution < -0.4 is 9.09 Å². The zero-order valence-corrected chi connectivity index (χ0v) is 20.3. The standard InChI is InChI=1S/C26H35N2O4P/c1-2-3-4-5-12-19-27-21-22-28(26(27)32-33(29,30)31)20-13-18-25(23-14-8-6-9-15-23)24-16-10-7-11-17-24/h6-11,14-17,21-22,25H,2-5,12-13,18-20H2,1H3,(H-,29,30,31)/p+1. The van der Waals surface area contributed by atoms with Gasteiger partial charge in [-0.05, 0) is 36.8 Å². The van der Waals surface area contributed by atoms with Crippen molar-refractivity contribution in [3.05, 3.63) is 84.2 Å². The van der Waals surface area contributed by atoms with E-state index >= 15 is 0 Å². The molecule has 0 aliphatic carbocycles. The van der Waals surface area contributed by atoms with Gasteiger partial charge < -0.3 is 4.52 Å². The lowest BCUT2D eigenvalue weighted by molar-refractivity contribution is -0.699. The molecule has 0 aliphatic rings. The minimum absolute atomic E-state index is 0.231. The number of rotatable bonds is 14. The highest BCUT2D eigenvalue weighted by molar-refractivity contribution is 7.46. The summed E-state index contributed by atoms with van der Waals surface area (Å²) in [4.78, 5) is 18.9. The van der Waals surface area contributed by atoms with E-state index in [-0.39, 0.29) is 11.9 Å². The molecule has 0 radical (unpaired) electrons. The van der Waals surface area contributed by atoms with Crippen molar-refractivity contribution in [3.63, 3.8) is 0 Å². The molecule has 2 aromatic carbocycles. The third kappa shape index (κ3) is 8.15. The van der Waals surface area contributed by atoms with Crippen molar-refractivity contribution >= 4 is 7.82 Å². The number of unbranched alkanes of at least 4 members (excludes halogenated alkanes) is 4. The molecule has 0 fully saturated rings. The van der Waals surface area contributed by atoms with E-state index in [4.69, 9.17) is 4.52 Å². The van der Waals surface area contributed by atoms with Gasteiger partial charge in [-0.25, -0.2) is 4.57 Å². The third-order valence-corrected chi connectivity index (χ3v) is 6.32. The highest BCUT2D eigenvalue weighted by atomic mass is 31.2. The number of aryl methyl sites for hydroxylation is 2. The quantitative estimate of drug-likeness (QED) is 0.176. The van der Waals surface area contributed by atoms with Gasteiger partial charge in [0.15, 0.2) is 0 Å². The van der Waals surface area contributed by atoms with Crippen molar-refractivity contribution in [2.75, 3.05) is 0 Å². The van der Waals surface area contributed by atoms with Crippen molar-refractivity contribution in [3.8, 4) is 6.01 Å². The van der Waals surface area contributed by atoms with Crippen molar-refractivity contribution in [2.24, 2.45) is 0 Å². The molecule has 0 unspecified atom stereocenters. The smallest absolute Gasteiger partial charge is 0.334 e. The summed E-state index contributed by atoms with van der Waals surface area (Å²) in [6.07, 6.45) is 11.1. The second-order valence-electron chi connectivity index (χ2n) is 8.48. The molecular weight excluding hydrogens is 435 g/mol. The molecule has 0 saturated heterocycles. The molecule has 6 nitrogen and oxygen atoms in total. The summed E-state index contributed by atoms with van der Waals surface area (Å²) in [5, 5.41) is 0. The van der Waals surface area contributed by atoms with Gasteiger partial charge in [0.2, 0.25) is 0 Å². The van der Waals surface area contributed by atoms with Gasteiger partial charge in [-0.1, -0.05) is 86.8 Å².